The van der Waals surface area contributed by atoms with E-state index >= 15 is 0 Å². The minimum atomic E-state index is 0.698. The Morgan fingerprint density at radius 1 is 0.345 bits per heavy atom. The van der Waals surface area contributed by atoms with E-state index in [0.717, 1.165) is 44.9 Å². The van der Waals surface area contributed by atoms with E-state index < -0.39 is 0 Å². The Morgan fingerprint density at radius 3 is 1.80 bits per heavy atom. The van der Waals surface area contributed by atoms with Crippen molar-refractivity contribution in [1.29, 1.82) is 0 Å². The lowest BCUT2D eigenvalue weighted by Crippen LogP contribution is -1.98. The van der Waals surface area contributed by atoms with Gasteiger partial charge in [0.05, 0.1) is 22.4 Å². The van der Waals surface area contributed by atoms with Crippen molar-refractivity contribution in [3.05, 3.63) is 200 Å². The van der Waals surface area contributed by atoms with Gasteiger partial charge >= 0.3 is 0 Å². The van der Waals surface area contributed by atoms with E-state index in [4.69, 9.17) is 9.97 Å². The molecule has 2 aromatic heterocycles. The van der Waals surface area contributed by atoms with E-state index in [1.165, 1.54) is 54.1 Å². The molecule has 0 spiro atoms. The smallest absolute Gasteiger partial charge is 0.160 e. The molecule has 256 valence electrons. The van der Waals surface area contributed by atoms with E-state index in [0.29, 0.717) is 5.82 Å². The minimum Gasteiger partial charge on any atom is -0.309 e. The summed E-state index contributed by atoms with van der Waals surface area (Å²) in [6, 6.07) is 71.5. The number of rotatable bonds is 5. The Morgan fingerprint density at radius 2 is 0.964 bits per heavy atom. The standard InChI is InChI=1S/C52H33N3/c1-3-16-35(17-4-1)52-53-46(33-47(54-52)51-42-23-10-8-18-36(42)31-38-28-27-34-15-7-9-22-41(34)50(38)51)43-24-12-11-21-40(43)37-29-30-45-44-25-13-14-26-48(44)55(49(45)32-37)39-19-5-2-6-20-39/h1-33H. The van der Waals surface area contributed by atoms with Crippen LogP contribution in [-0.2, 0) is 0 Å². The van der Waals surface area contributed by atoms with Crippen LogP contribution >= 0.6 is 0 Å². The summed E-state index contributed by atoms with van der Waals surface area (Å²) < 4.78 is 2.38. The first kappa shape index (κ1) is 31.2. The van der Waals surface area contributed by atoms with Crippen LogP contribution < -0.4 is 0 Å². The highest BCUT2D eigenvalue weighted by molar-refractivity contribution is 6.21. The fourth-order valence-corrected chi connectivity index (χ4v) is 8.49. The lowest BCUT2D eigenvalue weighted by atomic mass is 9.90. The highest BCUT2D eigenvalue weighted by Gasteiger charge is 2.20. The summed E-state index contributed by atoms with van der Waals surface area (Å²) in [6.45, 7) is 0. The van der Waals surface area contributed by atoms with Crippen LogP contribution in [0.2, 0.25) is 0 Å². The van der Waals surface area contributed by atoms with E-state index in [2.05, 4.69) is 199 Å². The van der Waals surface area contributed by atoms with Crippen molar-refractivity contribution in [3.63, 3.8) is 0 Å². The SMILES string of the molecule is c1ccc(-c2nc(-c3ccccc3-c3ccc4c5ccccc5n(-c5ccccc5)c4c3)cc(-c3c4ccccc4cc4ccc5ccccc5c34)n2)cc1. The molecule has 0 N–H and O–H groups in total. The first-order chi connectivity index (χ1) is 27.3. The van der Waals surface area contributed by atoms with Crippen LogP contribution in [0.1, 0.15) is 0 Å². The van der Waals surface area contributed by atoms with Gasteiger partial charge in [0.15, 0.2) is 5.82 Å². The number of benzene rings is 9. The van der Waals surface area contributed by atoms with Crippen LogP contribution in [0.25, 0.3) is 105 Å². The summed E-state index contributed by atoms with van der Waals surface area (Å²) in [6.07, 6.45) is 0. The quantitative estimate of drug-likeness (QED) is 0.132. The van der Waals surface area contributed by atoms with Gasteiger partial charge in [0.2, 0.25) is 0 Å². The number of nitrogens with zero attached hydrogens (tertiary/aromatic N) is 3. The van der Waals surface area contributed by atoms with Gasteiger partial charge < -0.3 is 4.57 Å². The van der Waals surface area contributed by atoms with Crippen LogP contribution in [0.3, 0.4) is 0 Å². The van der Waals surface area contributed by atoms with Crippen molar-refractivity contribution < 1.29 is 0 Å². The molecule has 0 radical (unpaired) electrons. The molecule has 0 atom stereocenters. The monoisotopic (exact) mass is 699 g/mol. The molecule has 0 aliphatic rings. The first-order valence-corrected chi connectivity index (χ1v) is 18.7. The zero-order valence-electron chi connectivity index (χ0n) is 29.9. The normalized spacial score (nSPS) is 11.6. The Bertz CT molecular complexity index is 3250. The molecule has 0 unspecified atom stereocenters. The Balaban J connectivity index is 1.19. The van der Waals surface area contributed by atoms with Gasteiger partial charge in [-0.05, 0) is 79.8 Å². The van der Waals surface area contributed by atoms with Gasteiger partial charge in [-0.15, -0.1) is 0 Å². The molecule has 0 aliphatic heterocycles. The second kappa shape index (κ2) is 12.6. The van der Waals surface area contributed by atoms with Gasteiger partial charge in [0.25, 0.3) is 0 Å². The third-order valence-electron chi connectivity index (χ3n) is 11.0. The predicted molar refractivity (Wildman–Crippen MR) is 231 cm³/mol. The maximum absolute atomic E-state index is 5.40. The summed E-state index contributed by atoms with van der Waals surface area (Å²) in [5.74, 6) is 0.698. The second-order valence-electron chi connectivity index (χ2n) is 14.2. The van der Waals surface area contributed by atoms with Gasteiger partial charge in [0, 0.05) is 33.2 Å². The number of para-hydroxylation sites is 2. The summed E-state index contributed by atoms with van der Waals surface area (Å²) >= 11 is 0. The first-order valence-electron chi connectivity index (χ1n) is 18.7. The highest BCUT2D eigenvalue weighted by atomic mass is 15.0. The molecule has 0 saturated heterocycles. The summed E-state index contributed by atoms with van der Waals surface area (Å²) in [5.41, 5.74) is 10.7. The molecule has 0 amide bonds. The molecule has 9 aromatic carbocycles. The molecule has 3 nitrogen and oxygen atoms in total. The maximum atomic E-state index is 5.40. The van der Waals surface area contributed by atoms with Gasteiger partial charge in [-0.3, -0.25) is 0 Å². The van der Waals surface area contributed by atoms with Gasteiger partial charge in [0.1, 0.15) is 0 Å². The number of fused-ring (bicyclic) bond motifs is 7. The molecule has 0 bridgehead atoms. The Kier molecular flexibility index (Phi) is 7.17. The summed E-state index contributed by atoms with van der Waals surface area (Å²) in [4.78, 5) is 10.8. The third-order valence-corrected chi connectivity index (χ3v) is 11.0. The van der Waals surface area contributed by atoms with Crippen LogP contribution in [0.5, 0.6) is 0 Å². The molecule has 2 heterocycles. The highest BCUT2D eigenvalue weighted by Crippen LogP contribution is 2.43. The Hall–Kier alpha value is -7.36. The third kappa shape index (κ3) is 5.13. The second-order valence-corrected chi connectivity index (χ2v) is 14.2. The topological polar surface area (TPSA) is 30.7 Å². The molecule has 11 rings (SSSR count). The number of aromatic nitrogens is 3. The molecule has 11 aromatic rings. The van der Waals surface area contributed by atoms with Crippen LogP contribution in [0, 0.1) is 0 Å². The van der Waals surface area contributed by atoms with Crippen molar-refractivity contribution >= 4 is 54.1 Å². The van der Waals surface area contributed by atoms with Crippen molar-refractivity contribution in [3.8, 4) is 50.7 Å². The summed E-state index contributed by atoms with van der Waals surface area (Å²) in [5, 5.41) is 9.63. The molecular formula is C52H33N3. The van der Waals surface area contributed by atoms with Gasteiger partial charge in [-0.25, -0.2) is 9.97 Å². The molecule has 55 heavy (non-hydrogen) atoms. The lowest BCUT2D eigenvalue weighted by Gasteiger charge is -2.17. The maximum Gasteiger partial charge on any atom is 0.160 e. The molecule has 0 fully saturated rings. The molecule has 0 saturated carbocycles. The zero-order chi connectivity index (χ0) is 36.3. The average Bonchev–Trinajstić information content (AvgIpc) is 3.59. The van der Waals surface area contributed by atoms with E-state index in [1.54, 1.807) is 0 Å². The zero-order valence-corrected chi connectivity index (χ0v) is 29.9. The minimum absolute atomic E-state index is 0.698. The van der Waals surface area contributed by atoms with E-state index in [9.17, 15) is 0 Å². The number of hydrogen-bond acceptors (Lipinski definition) is 2. The largest absolute Gasteiger partial charge is 0.309 e. The average molecular weight is 700 g/mol. The van der Waals surface area contributed by atoms with Crippen molar-refractivity contribution in [1.82, 2.24) is 14.5 Å². The molecule has 0 aliphatic carbocycles. The number of hydrogen-bond donors (Lipinski definition) is 0. The van der Waals surface area contributed by atoms with E-state index in [-0.39, 0.29) is 0 Å². The molecular weight excluding hydrogens is 667 g/mol. The lowest BCUT2D eigenvalue weighted by molar-refractivity contribution is 1.18. The van der Waals surface area contributed by atoms with Crippen LogP contribution in [-0.4, -0.2) is 14.5 Å². The van der Waals surface area contributed by atoms with Crippen molar-refractivity contribution in [2.45, 2.75) is 0 Å². The fourth-order valence-electron chi connectivity index (χ4n) is 8.49. The predicted octanol–water partition coefficient (Wildman–Crippen LogP) is 13.7. The van der Waals surface area contributed by atoms with Crippen LogP contribution in [0.15, 0.2) is 200 Å². The van der Waals surface area contributed by atoms with Gasteiger partial charge in [-0.2, -0.15) is 0 Å². The van der Waals surface area contributed by atoms with Crippen LogP contribution in [0.4, 0.5) is 0 Å². The molecule has 3 heteroatoms. The fraction of sp³-hybridized carbons (Fsp3) is 0. The van der Waals surface area contributed by atoms with Crippen molar-refractivity contribution in [2.75, 3.05) is 0 Å². The van der Waals surface area contributed by atoms with Crippen molar-refractivity contribution in [2.24, 2.45) is 0 Å². The van der Waals surface area contributed by atoms with E-state index in [1.807, 2.05) is 6.07 Å². The van der Waals surface area contributed by atoms with Gasteiger partial charge in [-0.1, -0.05) is 164 Å². The summed E-state index contributed by atoms with van der Waals surface area (Å²) in [7, 11) is 0. The Labute approximate surface area is 318 Å².